The Morgan fingerprint density at radius 3 is 2.67 bits per heavy atom. The van der Waals surface area contributed by atoms with Crippen molar-refractivity contribution in [1.82, 2.24) is 15.4 Å². The zero-order valence-electron chi connectivity index (χ0n) is 17.0. The number of urea groups is 1. The first-order valence-corrected chi connectivity index (χ1v) is 9.97. The van der Waals surface area contributed by atoms with Gasteiger partial charge in [-0.05, 0) is 43.9 Å². The molecule has 3 amide bonds. The van der Waals surface area contributed by atoms with Gasteiger partial charge in [0.2, 0.25) is 5.91 Å². The van der Waals surface area contributed by atoms with E-state index in [1.165, 1.54) is 0 Å². The topological polar surface area (TPSA) is 96.7 Å². The van der Waals surface area contributed by atoms with Crippen LogP contribution in [0.15, 0.2) is 34.9 Å². The van der Waals surface area contributed by atoms with Crippen LogP contribution in [0.1, 0.15) is 24.2 Å². The van der Waals surface area contributed by atoms with E-state index in [0.717, 1.165) is 17.7 Å². The lowest BCUT2D eigenvalue weighted by molar-refractivity contribution is -0.121. The summed E-state index contributed by atoms with van der Waals surface area (Å²) in [7, 11) is 0. The molecule has 1 aromatic heterocycles. The maximum atomic E-state index is 12.4. The lowest BCUT2D eigenvalue weighted by atomic mass is 9.96. The molecule has 1 aliphatic heterocycles. The molecule has 1 saturated heterocycles. The van der Waals surface area contributed by atoms with Crippen LogP contribution in [-0.2, 0) is 11.2 Å². The molecule has 8 heteroatoms. The highest BCUT2D eigenvalue weighted by Crippen LogP contribution is 2.19. The molecule has 2 aromatic rings. The monoisotopic (exact) mass is 410 g/mol. The van der Waals surface area contributed by atoms with Crippen molar-refractivity contribution in [3.8, 4) is 18.1 Å². The van der Waals surface area contributed by atoms with Gasteiger partial charge in [-0.25, -0.2) is 4.79 Å². The van der Waals surface area contributed by atoms with Gasteiger partial charge in [0, 0.05) is 31.6 Å². The number of anilines is 1. The Kier molecular flexibility index (Phi) is 7.33. The van der Waals surface area contributed by atoms with Crippen LogP contribution in [0.25, 0.3) is 0 Å². The molecule has 0 saturated carbocycles. The number of carbonyl (C=O) groups excluding carboxylic acids is 2. The van der Waals surface area contributed by atoms with E-state index < -0.39 is 0 Å². The Morgan fingerprint density at radius 2 is 2.03 bits per heavy atom. The van der Waals surface area contributed by atoms with Crippen molar-refractivity contribution in [2.45, 2.75) is 26.2 Å². The molecule has 2 heterocycles. The third kappa shape index (κ3) is 6.01. The van der Waals surface area contributed by atoms with Gasteiger partial charge < -0.3 is 24.8 Å². The van der Waals surface area contributed by atoms with Crippen molar-refractivity contribution >= 4 is 17.8 Å². The summed E-state index contributed by atoms with van der Waals surface area (Å²) in [6.07, 6.45) is 7.13. The molecule has 0 radical (unpaired) electrons. The number of likely N-dealkylation sites (tertiary alicyclic amines) is 1. The largest absolute Gasteiger partial charge is 0.481 e. The number of aryl methyl sites for hydroxylation is 1. The van der Waals surface area contributed by atoms with Crippen molar-refractivity contribution in [3.63, 3.8) is 0 Å². The van der Waals surface area contributed by atoms with Gasteiger partial charge in [0.25, 0.3) is 0 Å². The van der Waals surface area contributed by atoms with E-state index in [2.05, 4.69) is 21.7 Å². The number of benzene rings is 1. The van der Waals surface area contributed by atoms with E-state index in [1.54, 1.807) is 17.9 Å². The maximum Gasteiger partial charge on any atom is 0.317 e. The van der Waals surface area contributed by atoms with Gasteiger partial charge in [-0.3, -0.25) is 4.79 Å². The highest BCUT2D eigenvalue weighted by Gasteiger charge is 2.27. The van der Waals surface area contributed by atoms with E-state index in [1.807, 2.05) is 24.3 Å². The third-order valence-corrected chi connectivity index (χ3v) is 4.97. The molecule has 0 bridgehead atoms. The molecule has 158 valence electrons. The number of ether oxygens (including phenoxy) is 1. The highest BCUT2D eigenvalue weighted by atomic mass is 16.5. The first-order valence-electron chi connectivity index (χ1n) is 9.97. The van der Waals surface area contributed by atoms with Gasteiger partial charge >= 0.3 is 6.03 Å². The average molecular weight is 410 g/mol. The fourth-order valence-corrected chi connectivity index (χ4v) is 3.30. The van der Waals surface area contributed by atoms with Crippen molar-refractivity contribution in [1.29, 1.82) is 0 Å². The second kappa shape index (κ2) is 10.3. The number of carbonyl (C=O) groups is 2. The summed E-state index contributed by atoms with van der Waals surface area (Å²) in [6.45, 7) is 3.64. The van der Waals surface area contributed by atoms with Gasteiger partial charge in [0.15, 0.2) is 5.82 Å². The van der Waals surface area contributed by atoms with Crippen LogP contribution in [0.4, 0.5) is 10.6 Å². The lowest BCUT2D eigenvalue weighted by Crippen LogP contribution is -2.46. The smallest absolute Gasteiger partial charge is 0.317 e. The second-order valence-electron chi connectivity index (χ2n) is 7.19. The average Bonchev–Trinajstić information content (AvgIpc) is 3.17. The van der Waals surface area contributed by atoms with Crippen LogP contribution < -0.4 is 15.4 Å². The zero-order valence-corrected chi connectivity index (χ0v) is 17.0. The molecule has 1 aromatic carbocycles. The van der Waals surface area contributed by atoms with E-state index in [4.69, 9.17) is 15.7 Å². The predicted octanol–water partition coefficient (Wildman–Crippen LogP) is 2.60. The van der Waals surface area contributed by atoms with Crippen LogP contribution in [-0.4, -0.2) is 48.2 Å². The minimum Gasteiger partial charge on any atom is -0.481 e. The number of hydrogen-bond donors (Lipinski definition) is 2. The van der Waals surface area contributed by atoms with Gasteiger partial charge in [-0.2, -0.15) is 0 Å². The molecular weight excluding hydrogens is 384 g/mol. The van der Waals surface area contributed by atoms with E-state index >= 15 is 0 Å². The molecule has 0 unspecified atom stereocenters. The number of hydrogen-bond acceptors (Lipinski definition) is 5. The first kappa shape index (κ1) is 21.2. The summed E-state index contributed by atoms with van der Waals surface area (Å²) in [5.41, 5.74) is 1.10. The van der Waals surface area contributed by atoms with Gasteiger partial charge in [-0.1, -0.05) is 23.2 Å². The molecule has 0 atom stereocenters. The summed E-state index contributed by atoms with van der Waals surface area (Å²) in [5, 5.41) is 9.48. The Balaban J connectivity index is 1.36. The lowest BCUT2D eigenvalue weighted by Gasteiger charge is -2.31. The normalized spacial score (nSPS) is 14.1. The predicted molar refractivity (Wildman–Crippen MR) is 112 cm³/mol. The number of nitrogens with zero attached hydrogens (tertiary/aromatic N) is 2. The molecule has 8 nitrogen and oxygen atoms in total. The van der Waals surface area contributed by atoms with Gasteiger partial charge in [0.1, 0.15) is 18.1 Å². The summed E-state index contributed by atoms with van der Waals surface area (Å²) >= 11 is 0. The van der Waals surface area contributed by atoms with E-state index in [-0.39, 0.29) is 24.5 Å². The molecule has 0 aliphatic carbocycles. The quantitative estimate of drug-likeness (QED) is 0.684. The minimum absolute atomic E-state index is 0.0852. The Morgan fingerprint density at radius 1 is 1.30 bits per heavy atom. The van der Waals surface area contributed by atoms with E-state index in [9.17, 15) is 9.59 Å². The van der Waals surface area contributed by atoms with Crippen LogP contribution in [0.2, 0.25) is 0 Å². The number of aromatic nitrogens is 1. The zero-order chi connectivity index (χ0) is 21.3. The fraction of sp³-hybridized carbons (Fsp3) is 0.409. The number of rotatable bonds is 7. The Hall–Kier alpha value is -3.47. The van der Waals surface area contributed by atoms with E-state index in [0.29, 0.717) is 44.1 Å². The summed E-state index contributed by atoms with van der Waals surface area (Å²) in [6, 6.07) is 9.22. The van der Waals surface area contributed by atoms with Crippen LogP contribution in [0, 0.1) is 25.2 Å². The van der Waals surface area contributed by atoms with Gasteiger partial charge in [0.05, 0.1) is 0 Å². The van der Waals surface area contributed by atoms with Crippen molar-refractivity contribution in [2.24, 2.45) is 5.92 Å². The fourth-order valence-electron chi connectivity index (χ4n) is 3.30. The summed E-state index contributed by atoms with van der Waals surface area (Å²) in [5.74, 6) is 4.00. The molecule has 2 N–H and O–H groups in total. The van der Waals surface area contributed by atoms with Crippen LogP contribution in [0.3, 0.4) is 0 Å². The third-order valence-electron chi connectivity index (χ3n) is 4.97. The standard InChI is InChI=1S/C22H26N4O4/c1-3-14-29-19-6-4-17(5-7-19)8-11-23-22(28)26-12-9-18(10-13-26)21(27)24-20-15-16(2)30-25-20/h1,4-7,15,18H,8-14H2,2H3,(H,23,28)(H,24,25,27). The SMILES string of the molecule is C#CCOc1ccc(CCNC(=O)N2CCC(C(=O)Nc3cc(C)on3)CC2)cc1. The molecule has 3 rings (SSSR count). The molecule has 0 spiro atoms. The minimum atomic E-state index is -0.138. The second-order valence-corrected chi connectivity index (χ2v) is 7.19. The molecule has 1 aliphatic rings. The number of amides is 3. The molecule has 1 fully saturated rings. The molecular formula is C22H26N4O4. The van der Waals surface area contributed by atoms with Crippen molar-refractivity contribution in [3.05, 3.63) is 41.7 Å². The van der Waals surface area contributed by atoms with Gasteiger partial charge in [-0.15, -0.1) is 6.42 Å². The van der Waals surface area contributed by atoms with Crippen LogP contribution in [0.5, 0.6) is 5.75 Å². The number of terminal acetylenes is 1. The Bertz CT molecular complexity index is 893. The van der Waals surface area contributed by atoms with Crippen LogP contribution >= 0.6 is 0 Å². The number of piperidine rings is 1. The van der Waals surface area contributed by atoms with Crippen molar-refractivity contribution in [2.75, 3.05) is 31.6 Å². The first-order chi connectivity index (χ1) is 14.5. The maximum absolute atomic E-state index is 12.4. The number of nitrogens with one attached hydrogen (secondary N) is 2. The highest BCUT2D eigenvalue weighted by molar-refractivity contribution is 5.91. The van der Waals surface area contributed by atoms with Crippen molar-refractivity contribution < 1.29 is 18.8 Å². The molecule has 30 heavy (non-hydrogen) atoms. The summed E-state index contributed by atoms with van der Waals surface area (Å²) < 4.78 is 10.3. The Labute approximate surface area is 175 Å². The summed E-state index contributed by atoms with van der Waals surface area (Å²) in [4.78, 5) is 26.5.